The lowest BCUT2D eigenvalue weighted by molar-refractivity contribution is 0.171. The summed E-state index contributed by atoms with van der Waals surface area (Å²) in [7, 11) is -3.63. The van der Waals surface area contributed by atoms with Crippen molar-refractivity contribution in [1.29, 1.82) is 5.41 Å². The molecule has 0 bridgehead atoms. The number of ether oxygens (including phenoxy) is 2. The zero-order valence-electron chi connectivity index (χ0n) is 11.8. The van der Waals surface area contributed by atoms with E-state index in [9.17, 15) is 8.42 Å². The molecule has 0 saturated carbocycles. The topological polar surface area (TPSA) is 106 Å². The molecule has 1 aliphatic rings. The van der Waals surface area contributed by atoms with Crippen LogP contribution in [-0.2, 0) is 10.0 Å². The average molecular weight is 313 g/mol. The van der Waals surface area contributed by atoms with Gasteiger partial charge in [0, 0.05) is 25.6 Å². The highest BCUT2D eigenvalue weighted by Crippen LogP contribution is 2.33. The maximum Gasteiger partial charge on any atom is 0.243 e. The molecule has 0 amide bonds. The highest BCUT2D eigenvalue weighted by molar-refractivity contribution is 7.89. The molecule has 8 heteroatoms. The first-order valence-electron chi connectivity index (χ1n) is 6.68. The Hall–Kier alpha value is -1.80. The van der Waals surface area contributed by atoms with Crippen LogP contribution in [0.2, 0.25) is 0 Å². The minimum Gasteiger partial charge on any atom is -0.486 e. The lowest BCUT2D eigenvalue weighted by Gasteiger charge is -2.22. The largest absolute Gasteiger partial charge is 0.486 e. The van der Waals surface area contributed by atoms with Crippen LogP contribution in [0, 0.1) is 5.41 Å². The van der Waals surface area contributed by atoms with Gasteiger partial charge in [-0.15, -0.1) is 0 Å². The smallest absolute Gasteiger partial charge is 0.243 e. The number of hydrogen-bond donors (Lipinski definition) is 2. The van der Waals surface area contributed by atoms with Crippen molar-refractivity contribution in [3.63, 3.8) is 0 Å². The van der Waals surface area contributed by atoms with E-state index in [1.165, 1.54) is 16.4 Å². The fourth-order valence-electron chi connectivity index (χ4n) is 2.03. The molecule has 1 aliphatic heterocycles. The molecule has 2 rings (SSSR count). The van der Waals surface area contributed by atoms with Crippen LogP contribution in [0.4, 0.5) is 0 Å². The van der Waals surface area contributed by atoms with Crippen molar-refractivity contribution in [2.75, 3.05) is 26.3 Å². The molecule has 0 saturated heterocycles. The van der Waals surface area contributed by atoms with Crippen LogP contribution in [0.5, 0.6) is 11.5 Å². The standard InChI is InChI=1S/C13H19N3O4S/c1-2-16(6-5-13(14)15)21(17,18)10-3-4-11-12(9-10)20-8-7-19-11/h3-4,9H,2,5-8H2,1H3,(H3,14,15). The van der Waals surface area contributed by atoms with Gasteiger partial charge in [-0.3, -0.25) is 5.41 Å². The molecule has 21 heavy (non-hydrogen) atoms. The van der Waals surface area contributed by atoms with Crippen molar-refractivity contribution in [3.8, 4) is 11.5 Å². The van der Waals surface area contributed by atoms with Crippen LogP contribution in [0.15, 0.2) is 23.1 Å². The summed E-state index contributed by atoms with van der Waals surface area (Å²) in [6.45, 7) is 3.10. The van der Waals surface area contributed by atoms with E-state index in [-0.39, 0.29) is 23.7 Å². The molecule has 0 aromatic heterocycles. The van der Waals surface area contributed by atoms with E-state index in [4.69, 9.17) is 20.6 Å². The van der Waals surface area contributed by atoms with E-state index < -0.39 is 10.0 Å². The van der Waals surface area contributed by atoms with E-state index in [0.717, 1.165) is 0 Å². The number of hydrogen-bond acceptors (Lipinski definition) is 5. The molecule has 3 N–H and O–H groups in total. The fourth-order valence-corrected chi connectivity index (χ4v) is 3.49. The van der Waals surface area contributed by atoms with Crippen molar-refractivity contribution < 1.29 is 17.9 Å². The predicted molar refractivity (Wildman–Crippen MR) is 78.4 cm³/mol. The van der Waals surface area contributed by atoms with Crippen LogP contribution in [0.25, 0.3) is 0 Å². The van der Waals surface area contributed by atoms with Crippen molar-refractivity contribution in [3.05, 3.63) is 18.2 Å². The molecule has 0 spiro atoms. The molecule has 1 aromatic rings. The number of nitrogens with two attached hydrogens (primary N) is 1. The Morgan fingerprint density at radius 1 is 1.33 bits per heavy atom. The second-order valence-corrected chi connectivity index (χ2v) is 6.52. The Balaban J connectivity index is 2.27. The van der Waals surface area contributed by atoms with Crippen molar-refractivity contribution in [2.45, 2.75) is 18.2 Å². The summed E-state index contributed by atoms with van der Waals surface area (Å²) in [5, 5.41) is 7.22. The maximum absolute atomic E-state index is 12.6. The molecule has 0 atom stereocenters. The molecule has 1 heterocycles. The summed E-state index contributed by atoms with van der Waals surface area (Å²) in [6, 6.07) is 4.57. The SMILES string of the molecule is CCN(CCC(=N)N)S(=O)(=O)c1ccc2c(c1)OCCO2. The lowest BCUT2D eigenvalue weighted by Crippen LogP contribution is -2.33. The van der Waals surface area contributed by atoms with Gasteiger partial charge in [-0.2, -0.15) is 4.31 Å². The number of amidine groups is 1. The molecule has 0 unspecified atom stereocenters. The molecular formula is C13H19N3O4S. The van der Waals surface area contributed by atoms with Crippen LogP contribution < -0.4 is 15.2 Å². The summed E-state index contributed by atoms with van der Waals surface area (Å²) in [6.07, 6.45) is 0.206. The Morgan fingerprint density at radius 3 is 2.62 bits per heavy atom. The number of benzene rings is 1. The molecular weight excluding hydrogens is 294 g/mol. The Labute approximate surface area is 124 Å². The summed E-state index contributed by atoms with van der Waals surface area (Å²) in [4.78, 5) is 0.150. The number of fused-ring (bicyclic) bond motifs is 1. The van der Waals surface area contributed by atoms with E-state index in [0.29, 0.717) is 31.3 Å². The van der Waals surface area contributed by atoms with Crippen molar-refractivity contribution in [1.82, 2.24) is 4.31 Å². The zero-order chi connectivity index (χ0) is 15.5. The highest BCUT2D eigenvalue weighted by Gasteiger charge is 2.25. The van der Waals surface area contributed by atoms with Crippen LogP contribution >= 0.6 is 0 Å². The Kier molecular flexibility index (Phi) is 4.69. The van der Waals surface area contributed by atoms with Gasteiger partial charge in [0.1, 0.15) is 13.2 Å². The van der Waals surface area contributed by atoms with E-state index in [1.54, 1.807) is 13.0 Å². The number of sulfonamides is 1. The van der Waals surface area contributed by atoms with Gasteiger partial charge in [-0.25, -0.2) is 8.42 Å². The summed E-state index contributed by atoms with van der Waals surface area (Å²) in [5.41, 5.74) is 5.29. The third-order valence-electron chi connectivity index (χ3n) is 3.13. The second kappa shape index (κ2) is 6.31. The number of nitrogens with zero attached hydrogens (tertiary/aromatic N) is 1. The lowest BCUT2D eigenvalue weighted by atomic mass is 10.3. The van der Waals surface area contributed by atoms with Crippen molar-refractivity contribution in [2.24, 2.45) is 5.73 Å². The van der Waals surface area contributed by atoms with Crippen LogP contribution in [0.3, 0.4) is 0 Å². The Bertz CT molecular complexity index is 630. The van der Waals surface area contributed by atoms with Crippen molar-refractivity contribution >= 4 is 15.9 Å². The van der Waals surface area contributed by atoms with E-state index >= 15 is 0 Å². The van der Waals surface area contributed by atoms with Gasteiger partial charge < -0.3 is 15.2 Å². The first-order chi connectivity index (χ1) is 9.95. The molecule has 1 aromatic carbocycles. The quantitative estimate of drug-likeness (QED) is 0.597. The van der Waals surface area contributed by atoms with E-state index in [2.05, 4.69) is 0 Å². The first-order valence-corrected chi connectivity index (χ1v) is 8.12. The van der Waals surface area contributed by atoms with E-state index in [1.807, 2.05) is 0 Å². The van der Waals surface area contributed by atoms with Gasteiger partial charge in [0.05, 0.1) is 10.7 Å². The van der Waals surface area contributed by atoms with Gasteiger partial charge in [0.15, 0.2) is 11.5 Å². The third kappa shape index (κ3) is 3.45. The fraction of sp³-hybridized carbons (Fsp3) is 0.462. The number of rotatable bonds is 6. The van der Waals surface area contributed by atoms with Gasteiger partial charge >= 0.3 is 0 Å². The molecule has 0 fully saturated rings. The van der Waals surface area contributed by atoms with Gasteiger partial charge in [-0.05, 0) is 12.1 Å². The monoisotopic (exact) mass is 313 g/mol. The number of nitrogens with one attached hydrogen (secondary N) is 1. The minimum atomic E-state index is -3.63. The van der Waals surface area contributed by atoms with Crippen LogP contribution in [0.1, 0.15) is 13.3 Å². The summed E-state index contributed by atoms with van der Waals surface area (Å²) >= 11 is 0. The van der Waals surface area contributed by atoms with Gasteiger partial charge in [0.25, 0.3) is 0 Å². The van der Waals surface area contributed by atoms with Crippen LogP contribution in [-0.4, -0.2) is 44.9 Å². The predicted octanol–water partition coefficient (Wildman–Crippen LogP) is 0.794. The maximum atomic E-state index is 12.6. The zero-order valence-corrected chi connectivity index (χ0v) is 12.6. The molecule has 0 radical (unpaired) electrons. The highest BCUT2D eigenvalue weighted by atomic mass is 32.2. The Morgan fingerprint density at radius 2 is 2.00 bits per heavy atom. The minimum absolute atomic E-state index is 0.0363. The van der Waals surface area contributed by atoms with Gasteiger partial charge in [0.2, 0.25) is 10.0 Å². The average Bonchev–Trinajstić information content (AvgIpc) is 2.46. The summed E-state index contributed by atoms with van der Waals surface area (Å²) < 4.78 is 37.2. The van der Waals surface area contributed by atoms with Gasteiger partial charge in [-0.1, -0.05) is 6.92 Å². The summed E-state index contributed by atoms with van der Waals surface area (Å²) in [5.74, 6) is 0.947. The normalized spacial score (nSPS) is 14.2. The molecule has 116 valence electrons. The molecule has 7 nitrogen and oxygen atoms in total. The first kappa shape index (κ1) is 15.6. The third-order valence-corrected chi connectivity index (χ3v) is 5.10. The molecule has 0 aliphatic carbocycles. The second-order valence-electron chi connectivity index (χ2n) is 4.58.